The van der Waals surface area contributed by atoms with Crippen molar-refractivity contribution in [1.29, 1.82) is 0 Å². The molecule has 0 aliphatic rings. The van der Waals surface area contributed by atoms with E-state index in [2.05, 4.69) is 4.72 Å². The van der Waals surface area contributed by atoms with E-state index in [4.69, 9.17) is 9.47 Å². The molecule has 1 amide bonds. The molecule has 0 spiro atoms. The van der Waals surface area contributed by atoms with E-state index >= 15 is 0 Å². The van der Waals surface area contributed by atoms with Crippen molar-refractivity contribution in [3.05, 3.63) is 82.9 Å². The number of likely N-dealkylation sites (N-methyl/N-ethyl adjacent to an activating group) is 1. The molecule has 0 radical (unpaired) electrons. The summed E-state index contributed by atoms with van der Waals surface area (Å²) in [6.45, 7) is 5.93. The minimum Gasteiger partial charge on any atom is -0.497 e. The molecule has 0 aliphatic heterocycles. The summed E-state index contributed by atoms with van der Waals surface area (Å²) in [5, 5.41) is 0. The van der Waals surface area contributed by atoms with Gasteiger partial charge in [0.15, 0.2) is 6.61 Å². The third-order valence-electron chi connectivity index (χ3n) is 5.57. The van der Waals surface area contributed by atoms with Gasteiger partial charge in [0.05, 0.1) is 12.0 Å². The van der Waals surface area contributed by atoms with Crippen molar-refractivity contribution in [3.63, 3.8) is 0 Å². The van der Waals surface area contributed by atoms with Crippen molar-refractivity contribution >= 4 is 21.6 Å². The van der Waals surface area contributed by atoms with E-state index in [1.54, 1.807) is 44.2 Å². The van der Waals surface area contributed by atoms with Crippen LogP contribution in [0.3, 0.4) is 0 Å². The summed E-state index contributed by atoms with van der Waals surface area (Å²) in [4.78, 5) is 14.2. The van der Waals surface area contributed by atoms with E-state index in [0.717, 1.165) is 22.4 Å². The Morgan fingerprint density at radius 2 is 1.62 bits per heavy atom. The maximum absolute atomic E-state index is 12.8. The Kier molecular flexibility index (Phi) is 7.83. The molecule has 34 heavy (non-hydrogen) atoms. The van der Waals surface area contributed by atoms with Crippen LogP contribution >= 0.6 is 0 Å². The predicted octanol–water partition coefficient (Wildman–Crippen LogP) is 4.46. The maximum atomic E-state index is 12.8. The first-order chi connectivity index (χ1) is 16.1. The van der Waals surface area contributed by atoms with Crippen LogP contribution in [-0.2, 0) is 21.4 Å². The number of nitrogens with zero attached hydrogens (tertiary/aromatic N) is 1. The van der Waals surface area contributed by atoms with Crippen molar-refractivity contribution in [2.75, 3.05) is 25.5 Å². The first-order valence-corrected chi connectivity index (χ1v) is 12.3. The highest BCUT2D eigenvalue weighted by Crippen LogP contribution is 2.24. The van der Waals surface area contributed by atoms with Crippen LogP contribution in [0.1, 0.15) is 22.3 Å². The van der Waals surface area contributed by atoms with Gasteiger partial charge in [0, 0.05) is 19.3 Å². The number of rotatable bonds is 9. The monoisotopic (exact) mass is 482 g/mol. The smallest absolute Gasteiger partial charge is 0.261 e. The summed E-state index contributed by atoms with van der Waals surface area (Å²) in [5.41, 5.74) is 4.19. The Morgan fingerprint density at radius 1 is 0.912 bits per heavy atom. The maximum Gasteiger partial charge on any atom is 0.261 e. The van der Waals surface area contributed by atoms with Crippen LogP contribution in [0.2, 0.25) is 0 Å². The van der Waals surface area contributed by atoms with Gasteiger partial charge in [0.25, 0.3) is 15.9 Å². The number of hydrogen-bond acceptors (Lipinski definition) is 5. The fourth-order valence-electron chi connectivity index (χ4n) is 3.31. The highest BCUT2D eigenvalue weighted by molar-refractivity contribution is 7.92. The molecule has 0 unspecified atom stereocenters. The van der Waals surface area contributed by atoms with Crippen LogP contribution in [0.25, 0.3) is 0 Å². The lowest BCUT2D eigenvalue weighted by Crippen LogP contribution is -2.31. The predicted molar refractivity (Wildman–Crippen MR) is 133 cm³/mol. The normalized spacial score (nSPS) is 11.1. The molecule has 3 rings (SSSR count). The molecule has 1 N–H and O–H groups in total. The number of hydrogen-bond donors (Lipinski definition) is 1. The lowest BCUT2D eigenvalue weighted by Gasteiger charge is -2.18. The van der Waals surface area contributed by atoms with E-state index in [1.165, 1.54) is 12.1 Å². The Hall–Kier alpha value is -3.52. The van der Waals surface area contributed by atoms with Gasteiger partial charge in [0.1, 0.15) is 11.5 Å². The Morgan fingerprint density at radius 3 is 2.24 bits per heavy atom. The molecule has 180 valence electrons. The van der Waals surface area contributed by atoms with Gasteiger partial charge in [-0.05, 0) is 85.5 Å². The number of carbonyl (C=O) groups is 1. The number of benzene rings is 3. The minimum atomic E-state index is -3.76. The van der Waals surface area contributed by atoms with Gasteiger partial charge in [-0.2, -0.15) is 0 Å². The second-order valence-electron chi connectivity index (χ2n) is 8.22. The average molecular weight is 483 g/mol. The van der Waals surface area contributed by atoms with Crippen LogP contribution in [0.15, 0.2) is 65.6 Å². The summed E-state index contributed by atoms with van der Waals surface area (Å²) in [5.74, 6) is 1.02. The van der Waals surface area contributed by atoms with Crippen LogP contribution in [0.5, 0.6) is 11.5 Å². The van der Waals surface area contributed by atoms with Crippen LogP contribution in [0, 0.1) is 20.8 Å². The number of carbonyl (C=O) groups excluding carboxylic acids is 1. The van der Waals surface area contributed by atoms with Gasteiger partial charge in [-0.1, -0.05) is 18.2 Å². The van der Waals surface area contributed by atoms with Gasteiger partial charge in [0.2, 0.25) is 0 Å². The zero-order chi connectivity index (χ0) is 24.9. The van der Waals surface area contributed by atoms with Crippen LogP contribution < -0.4 is 14.2 Å². The van der Waals surface area contributed by atoms with E-state index < -0.39 is 10.0 Å². The molecule has 3 aromatic carbocycles. The van der Waals surface area contributed by atoms with Gasteiger partial charge in [-0.15, -0.1) is 0 Å². The highest BCUT2D eigenvalue weighted by Gasteiger charge is 2.17. The molecule has 8 heteroatoms. The molecule has 0 atom stereocenters. The lowest BCUT2D eigenvalue weighted by atomic mass is 10.1. The van der Waals surface area contributed by atoms with Gasteiger partial charge < -0.3 is 14.4 Å². The number of ether oxygens (including phenoxy) is 2. The van der Waals surface area contributed by atoms with Gasteiger partial charge in [-0.3, -0.25) is 9.52 Å². The Balaban J connectivity index is 1.61. The topological polar surface area (TPSA) is 84.9 Å². The van der Waals surface area contributed by atoms with Gasteiger partial charge >= 0.3 is 0 Å². The molecule has 0 heterocycles. The molecule has 0 aliphatic carbocycles. The molecule has 0 fully saturated rings. The number of sulfonamides is 1. The van der Waals surface area contributed by atoms with E-state index in [-0.39, 0.29) is 17.4 Å². The van der Waals surface area contributed by atoms with Gasteiger partial charge in [-0.25, -0.2) is 8.42 Å². The van der Waals surface area contributed by atoms with E-state index in [0.29, 0.717) is 23.5 Å². The minimum absolute atomic E-state index is 0.124. The summed E-state index contributed by atoms with van der Waals surface area (Å²) in [7, 11) is -0.446. The lowest BCUT2D eigenvalue weighted by molar-refractivity contribution is -0.132. The van der Waals surface area contributed by atoms with Crippen molar-refractivity contribution in [2.45, 2.75) is 32.2 Å². The average Bonchev–Trinajstić information content (AvgIpc) is 2.80. The van der Waals surface area contributed by atoms with E-state index in [9.17, 15) is 13.2 Å². The molecule has 3 aromatic rings. The zero-order valence-corrected chi connectivity index (χ0v) is 20.9. The summed E-state index contributed by atoms with van der Waals surface area (Å²) in [6.07, 6.45) is 0. The largest absolute Gasteiger partial charge is 0.497 e. The second-order valence-corrected chi connectivity index (χ2v) is 9.90. The number of nitrogens with one attached hydrogen (secondary N) is 1. The Bertz CT molecular complexity index is 1270. The molecule has 0 saturated heterocycles. The third kappa shape index (κ3) is 6.29. The molecule has 7 nitrogen and oxygen atoms in total. The quantitative estimate of drug-likeness (QED) is 0.487. The highest BCUT2D eigenvalue weighted by atomic mass is 32.2. The second kappa shape index (κ2) is 10.6. The first kappa shape index (κ1) is 25.1. The van der Waals surface area contributed by atoms with Crippen molar-refractivity contribution in [3.8, 4) is 11.5 Å². The fourth-order valence-corrected chi connectivity index (χ4v) is 4.45. The number of aryl methyl sites for hydroxylation is 3. The first-order valence-electron chi connectivity index (χ1n) is 10.8. The number of methoxy groups -OCH3 is 1. The standard InChI is InChI=1S/C26H30N2O5S/c1-18-6-9-22(14-19(18)2)27-34(30,31)24-12-13-25(20(3)15-24)33-17-26(29)28(4)16-21-7-10-23(32-5)11-8-21/h6-15,27H,16-17H2,1-5H3. The fraction of sp³-hybridized carbons (Fsp3) is 0.269. The van der Waals surface area contributed by atoms with Crippen LogP contribution in [0.4, 0.5) is 5.69 Å². The van der Waals surface area contributed by atoms with Crippen molar-refractivity contribution < 1.29 is 22.7 Å². The van der Waals surface area contributed by atoms with E-state index in [1.807, 2.05) is 44.2 Å². The SMILES string of the molecule is COc1ccc(CN(C)C(=O)COc2ccc(S(=O)(=O)Nc3ccc(C)c(C)c3)cc2C)cc1. The molecule has 0 bridgehead atoms. The molecule has 0 saturated carbocycles. The number of amides is 1. The third-order valence-corrected chi connectivity index (χ3v) is 6.95. The molecular formula is C26H30N2O5S. The molecular weight excluding hydrogens is 452 g/mol. The summed E-state index contributed by atoms with van der Waals surface area (Å²) >= 11 is 0. The Labute approximate surface area is 201 Å². The number of anilines is 1. The van der Waals surface area contributed by atoms with Crippen molar-refractivity contribution in [1.82, 2.24) is 4.90 Å². The molecule has 0 aromatic heterocycles. The van der Waals surface area contributed by atoms with Crippen molar-refractivity contribution in [2.24, 2.45) is 0 Å². The summed E-state index contributed by atoms with van der Waals surface area (Å²) < 4.78 is 39.1. The zero-order valence-electron chi connectivity index (χ0n) is 20.1. The summed E-state index contributed by atoms with van der Waals surface area (Å²) in [6, 6.07) is 17.5. The van der Waals surface area contributed by atoms with Crippen LogP contribution in [-0.4, -0.2) is 40.0 Å².